The molecule has 0 saturated carbocycles. The van der Waals surface area contributed by atoms with Crippen LogP contribution in [0.4, 0.5) is 0 Å². The maximum Gasteiger partial charge on any atom is 0.334 e. The molecule has 0 aromatic carbocycles. The van der Waals surface area contributed by atoms with Crippen molar-refractivity contribution in [3.05, 3.63) is 34.9 Å². The third kappa shape index (κ3) is 3.32. The van der Waals surface area contributed by atoms with Crippen LogP contribution in [-0.2, 0) is 9.53 Å². The lowest BCUT2D eigenvalue weighted by molar-refractivity contribution is -0.139. The van der Waals surface area contributed by atoms with Crippen molar-refractivity contribution in [1.29, 1.82) is 0 Å². The highest BCUT2D eigenvalue weighted by atomic mass is 16.5. The number of carbonyl (C=O) groups excluding carboxylic acids is 1. The Balaban J connectivity index is 2.15. The highest BCUT2D eigenvalue weighted by Crippen LogP contribution is 2.24. The molecule has 0 spiro atoms. The van der Waals surface area contributed by atoms with E-state index in [-0.39, 0.29) is 12.1 Å². The van der Waals surface area contributed by atoms with E-state index in [0.717, 1.165) is 37.7 Å². The van der Waals surface area contributed by atoms with Crippen molar-refractivity contribution in [1.82, 2.24) is 0 Å². The van der Waals surface area contributed by atoms with Gasteiger partial charge in [0.15, 0.2) is 0 Å². The van der Waals surface area contributed by atoms with Crippen molar-refractivity contribution >= 4 is 5.97 Å². The van der Waals surface area contributed by atoms with Crippen LogP contribution in [0.2, 0.25) is 0 Å². The fourth-order valence-corrected chi connectivity index (χ4v) is 2.35. The second-order valence-corrected chi connectivity index (χ2v) is 5.02. The molecule has 92 valence electrons. The van der Waals surface area contributed by atoms with Crippen LogP contribution < -0.4 is 0 Å². The average molecular weight is 232 g/mol. The Morgan fingerprint density at radius 2 is 1.82 bits per heavy atom. The summed E-state index contributed by atoms with van der Waals surface area (Å²) in [5.74, 6) is -0.117. The molecule has 2 bridgehead atoms. The number of fused-ring (bicyclic) bond motifs is 1. The third-order valence-corrected chi connectivity index (χ3v) is 3.37. The lowest BCUT2D eigenvalue weighted by atomic mass is 10.0. The summed E-state index contributed by atoms with van der Waals surface area (Å²) in [6.45, 7) is 4.28. The number of hydrogen-bond donors (Lipinski definition) is 0. The molecule has 1 atom stereocenters. The van der Waals surface area contributed by atoms with Gasteiger partial charge in [-0.2, -0.15) is 0 Å². The summed E-state index contributed by atoms with van der Waals surface area (Å²) in [4.78, 5) is 11.6. The SMILES string of the molecule is C/C1=C\CCC2=C[C@H](C/C(C)=C/CC1)OC2=O. The number of allylic oxidation sites excluding steroid dienone is 3. The van der Waals surface area contributed by atoms with E-state index in [9.17, 15) is 4.79 Å². The minimum absolute atomic E-state index is 0.0294. The summed E-state index contributed by atoms with van der Waals surface area (Å²) in [6, 6.07) is 0. The Kier molecular flexibility index (Phi) is 3.82. The molecule has 2 rings (SSSR count). The minimum Gasteiger partial charge on any atom is -0.454 e. The first-order chi connectivity index (χ1) is 8.15. The molecule has 1 aliphatic carbocycles. The van der Waals surface area contributed by atoms with Gasteiger partial charge < -0.3 is 4.74 Å². The van der Waals surface area contributed by atoms with E-state index < -0.39 is 0 Å². The van der Waals surface area contributed by atoms with Gasteiger partial charge in [0.05, 0.1) is 0 Å². The van der Waals surface area contributed by atoms with Gasteiger partial charge in [-0.1, -0.05) is 23.3 Å². The lowest BCUT2D eigenvalue weighted by Crippen LogP contribution is -2.08. The molecule has 2 heteroatoms. The number of hydrogen-bond acceptors (Lipinski definition) is 2. The van der Waals surface area contributed by atoms with Crippen LogP contribution in [-0.4, -0.2) is 12.1 Å². The quantitative estimate of drug-likeness (QED) is 0.470. The zero-order chi connectivity index (χ0) is 12.3. The first kappa shape index (κ1) is 12.2. The Morgan fingerprint density at radius 3 is 2.65 bits per heavy atom. The van der Waals surface area contributed by atoms with E-state index in [0.29, 0.717) is 0 Å². The Labute approximate surface area is 103 Å². The van der Waals surface area contributed by atoms with Crippen LogP contribution in [0, 0.1) is 0 Å². The van der Waals surface area contributed by atoms with Crippen molar-refractivity contribution in [3.8, 4) is 0 Å². The topological polar surface area (TPSA) is 26.3 Å². The van der Waals surface area contributed by atoms with Gasteiger partial charge in [0, 0.05) is 12.0 Å². The maximum absolute atomic E-state index is 11.6. The standard InChI is InChI=1S/C15H20O2/c1-11-5-3-7-12(2)9-14-10-13(8-4-6-11)15(16)17-14/h6-7,10,14H,3-5,8-9H2,1-2H3/b11-6+,12-7+/t14-/m0/s1. The molecule has 0 amide bonds. The minimum atomic E-state index is -0.117. The van der Waals surface area contributed by atoms with Gasteiger partial charge in [0.2, 0.25) is 0 Å². The molecule has 1 heterocycles. The monoisotopic (exact) mass is 232 g/mol. The summed E-state index contributed by atoms with van der Waals surface area (Å²) in [5.41, 5.74) is 3.58. The van der Waals surface area contributed by atoms with Crippen LogP contribution in [0.5, 0.6) is 0 Å². The Bertz CT molecular complexity index is 399. The number of ether oxygens (including phenoxy) is 1. The predicted molar refractivity (Wildman–Crippen MR) is 68.6 cm³/mol. The van der Waals surface area contributed by atoms with Crippen LogP contribution >= 0.6 is 0 Å². The highest BCUT2D eigenvalue weighted by molar-refractivity contribution is 5.90. The van der Waals surface area contributed by atoms with E-state index in [4.69, 9.17) is 4.74 Å². The zero-order valence-corrected chi connectivity index (χ0v) is 10.7. The molecule has 0 saturated heterocycles. The smallest absolute Gasteiger partial charge is 0.334 e. The lowest BCUT2D eigenvalue weighted by Gasteiger charge is -2.08. The molecule has 0 radical (unpaired) electrons. The second-order valence-electron chi connectivity index (χ2n) is 5.02. The van der Waals surface area contributed by atoms with Crippen LogP contribution in [0.1, 0.15) is 46.0 Å². The van der Waals surface area contributed by atoms with Gasteiger partial charge in [-0.3, -0.25) is 0 Å². The van der Waals surface area contributed by atoms with Crippen LogP contribution in [0.3, 0.4) is 0 Å². The van der Waals surface area contributed by atoms with Crippen molar-refractivity contribution in [2.45, 2.75) is 52.1 Å². The molecule has 0 N–H and O–H groups in total. The van der Waals surface area contributed by atoms with E-state index in [2.05, 4.69) is 26.0 Å². The van der Waals surface area contributed by atoms with Gasteiger partial charge in [0.25, 0.3) is 0 Å². The summed E-state index contributed by atoms with van der Waals surface area (Å²) < 4.78 is 5.34. The molecule has 0 unspecified atom stereocenters. The first-order valence-corrected chi connectivity index (χ1v) is 6.38. The molecule has 0 fully saturated rings. The summed E-state index contributed by atoms with van der Waals surface area (Å²) in [5, 5.41) is 0. The van der Waals surface area contributed by atoms with Gasteiger partial charge in [-0.05, 0) is 45.6 Å². The number of carbonyl (C=O) groups is 1. The number of esters is 1. The van der Waals surface area contributed by atoms with Gasteiger partial charge >= 0.3 is 5.97 Å². The molecular formula is C15H20O2. The van der Waals surface area contributed by atoms with Crippen molar-refractivity contribution in [2.24, 2.45) is 0 Å². The van der Waals surface area contributed by atoms with Crippen LogP contribution in [0.25, 0.3) is 0 Å². The molecule has 17 heavy (non-hydrogen) atoms. The Morgan fingerprint density at radius 1 is 1.12 bits per heavy atom. The van der Waals surface area contributed by atoms with E-state index >= 15 is 0 Å². The fraction of sp³-hybridized carbons (Fsp3) is 0.533. The third-order valence-electron chi connectivity index (χ3n) is 3.37. The normalized spacial score (nSPS) is 32.2. The summed E-state index contributed by atoms with van der Waals surface area (Å²) >= 11 is 0. The fourth-order valence-electron chi connectivity index (χ4n) is 2.35. The largest absolute Gasteiger partial charge is 0.454 e. The maximum atomic E-state index is 11.6. The molecule has 2 aliphatic rings. The van der Waals surface area contributed by atoms with Crippen molar-refractivity contribution < 1.29 is 9.53 Å². The first-order valence-electron chi connectivity index (χ1n) is 6.38. The van der Waals surface area contributed by atoms with Crippen molar-refractivity contribution in [3.63, 3.8) is 0 Å². The van der Waals surface area contributed by atoms with Crippen molar-refractivity contribution in [2.75, 3.05) is 0 Å². The van der Waals surface area contributed by atoms with E-state index in [1.807, 2.05) is 6.08 Å². The average Bonchev–Trinajstić information content (AvgIpc) is 2.58. The van der Waals surface area contributed by atoms with Gasteiger partial charge in [-0.25, -0.2) is 4.79 Å². The summed E-state index contributed by atoms with van der Waals surface area (Å²) in [7, 11) is 0. The second kappa shape index (κ2) is 5.35. The number of rotatable bonds is 0. The van der Waals surface area contributed by atoms with Crippen LogP contribution in [0.15, 0.2) is 34.9 Å². The molecule has 0 aromatic rings. The van der Waals surface area contributed by atoms with Gasteiger partial charge in [-0.15, -0.1) is 0 Å². The highest BCUT2D eigenvalue weighted by Gasteiger charge is 2.24. The molecule has 1 aliphatic heterocycles. The van der Waals surface area contributed by atoms with E-state index in [1.54, 1.807) is 0 Å². The molecular weight excluding hydrogens is 212 g/mol. The molecule has 0 aromatic heterocycles. The molecule has 2 nitrogen and oxygen atoms in total. The van der Waals surface area contributed by atoms with E-state index in [1.165, 1.54) is 11.1 Å². The zero-order valence-electron chi connectivity index (χ0n) is 10.7. The summed E-state index contributed by atoms with van der Waals surface area (Å²) in [6.07, 6.45) is 11.3. The predicted octanol–water partition coefficient (Wildman–Crippen LogP) is 3.69. The Hall–Kier alpha value is -1.31. The van der Waals surface area contributed by atoms with Gasteiger partial charge in [0.1, 0.15) is 6.10 Å².